The summed E-state index contributed by atoms with van der Waals surface area (Å²) in [5, 5.41) is 8.68. The first-order valence-corrected chi connectivity index (χ1v) is 10.5. The number of likely N-dealkylation sites (tertiary alicyclic amines) is 1. The van der Waals surface area contributed by atoms with Crippen molar-refractivity contribution in [2.75, 3.05) is 11.9 Å². The zero-order valence-corrected chi connectivity index (χ0v) is 16.7. The van der Waals surface area contributed by atoms with Crippen LogP contribution < -0.4 is 10.6 Å². The van der Waals surface area contributed by atoms with Gasteiger partial charge in [-0.1, -0.05) is 48.5 Å². The van der Waals surface area contributed by atoms with E-state index < -0.39 is 6.04 Å². The minimum absolute atomic E-state index is 0.139. The Morgan fingerprint density at radius 3 is 2.55 bits per heavy atom. The van der Waals surface area contributed by atoms with Crippen molar-refractivity contribution in [2.45, 2.75) is 25.4 Å². The quantitative estimate of drug-likeness (QED) is 0.669. The van der Waals surface area contributed by atoms with Gasteiger partial charge < -0.3 is 15.5 Å². The van der Waals surface area contributed by atoms with Gasteiger partial charge in [0.05, 0.1) is 12.2 Å². The summed E-state index contributed by atoms with van der Waals surface area (Å²) in [6.07, 6.45) is 1.48. The lowest BCUT2D eigenvalue weighted by atomic mass is 10.2. The van der Waals surface area contributed by atoms with Gasteiger partial charge in [0.15, 0.2) is 0 Å². The van der Waals surface area contributed by atoms with Crippen LogP contribution in [0, 0.1) is 0 Å². The van der Waals surface area contributed by atoms with Crippen molar-refractivity contribution in [1.82, 2.24) is 15.2 Å². The molecule has 6 nitrogen and oxygen atoms in total. The normalized spacial score (nSPS) is 15.9. The number of rotatable bonds is 5. The van der Waals surface area contributed by atoms with E-state index in [1.165, 1.54) is 0 Å². The highest BCUT2D eigenvalue weighted by molar-refractivity contribution is 7.13. The molecule has 0 radical (unpaired) electrons. The number of benzene rings is 2. The first-order valence-electron chi connectivity index (χ1n) is 9.61. The third-order valence-electron chi connectivity index (χ3n) is 4.86. The van der Waals surface area contributed by atoms with Crippen LogP contribution >= 0.6 is 11.3 Å². The van der Waals surface area contributed by atoms with Gasteiger partial charge in [0.1, 0.15) is 11.0 Å². The van der Waals surface area contributed by atoms with Crippen LogP contribution in [0.25, 0.3) is 10.6 Å². The number of thiazole rings is 1. The van der Waals surface area contributed by atoms with E-state index in [1.54, 1.807) is 16.2 Å². The lowest BCUT2D eigenvalue weighted by Gasteiger charge is -2.24. The third-order valence-corrected chi connectivity index (χ3v) is 5.80. The van der Waals surface area contributed by atoms with Gasteiger partial charge in [-0.3, -0.25) is 4.79 Å². The fourth-order valence-electron chi connectivity index (χ4n) is 3.40. The number of hydrogen-bond acceptors (Lipinski definition) is 4. The van der Waals surface area contributed by atoms with Crippen molar-refractivity contribution >= 4 is 29.0 Å². The summed E-state index contributed by atoms with van der Waals surface area (Å²) < 4.78 is 0. The van der Waals surface area contributed by atoms with Gasteiger partial charge in [0, 0.05) is 23.2 Å². The van der Waals surface area contributed by atoms with Crippen molar-refractivity contribution in [3.8, 4) is 10.6 Å². The molecular formula is C22H22N4O2S. The van der Waals surface area contributed by atoms with Gasteiger partial charge in [-0.05, 0) is 25.0 Å². The molecule has 29 heavy (non-hydrogen) atoms. The van der Waals surface area contributed by atoms with E-state index >= 15 is 0 Å². The molecule has 0 spiro atoms. The number of nitrogens with zero attached hydrogens (tertiary/aromatic N) is 2. The standard InChI is InChI=1S/C22H22N4O2S/c27-20(23-14-18-15-29-21(24-18)16-8-3-1-4-9-16)19-12-7-13-26(19)22(28)25-17-10-5-2-6-11-17/h1-6,8-11,15,19H,7,12-14H2,(H,23,27)(H,25,28)/t19-/m1/s1. The largest absolute Gasteiger partial charge is 0.349 e. The molecule has 0 aliphatic carbocycles. The van der Waals surface area contributed by atoms with Crippen LogP contribution in [-0.4, -0.2) is 34.4 Å². The van der Waals surface area contributed by atoms with Crippen molar-refractivity contribution in [1.29, 1.82) is 0 Å². The Balaban J connectivity index is 1.34. The highest BCUT2D eigenvalue weighted by Gasteiger charge is 2.34. The lowest BCUT2D eigenvalue weighted by molar-refractivity contribution is -0.124. The van der Waals surface area contributed by atoms with Gasteiger partial charge in [0.2, 0.25) is 5.91 Å². The second-order valence-corrected chi connectivity index (χ2v) is 7.73. The fraction of sp³-hybridized carbons (Fsp3) is 0.227. The maximum absolute atomic E-state index is 12.7. The number of aromatic nitrogens is 1. The summed E-state index contributed by atoms with van der Waals surface area (Å²) in [5.74, 6) is -0.139. The lowest BCUT2D eigenvalue weighted by Crippen LogP contribution is -2.47. The molecule has 7 heteroatoms. The number of carbonyl (C=O) groups excluding carboxylic acids is 2. The molecule has 1 aliphatic heterocycles. The fourth-order valence-corrected chi connectivity index (χ4v) is 4.22. The van der Waals surface area contributed by atoms with E-state index in [-0.39, 0.29) is 11.9 Å². The predicted octanol–water partition coefficient (Wildman–Crippen LogP) is 4.12. The SMILES string of the molecule is O=C(NCc1csc(-c2ccccc2)n1)[C@H]1CCCN1C(=O)Nc1ccccc1. The number of anilines is 1. The van der Waals surface area contributed by atoms with Crippen molar-refractivity contribution in [3.63, 3.8) is 0 Å². The molecule has 0 unspecified atom stereocenters. The van der Waals surface area contributed by atoms with Gasteiger partial charge >= 0.3 is 6.03 Å². The number of carbonyl (C=O) groups is 2. The second kappa shape index (κ2) is 8.87. The molecule has 4 rings (SSSR count). The van der Waals surface area contributed by atoms with E-state index in [4.69, 9.17) is 0 Å². The zero-order valence-electron chi connectivity index (χ0n) is 15.9. The van der Waals surface area contributed by atoms with Gasteiger partial charge in [0.25, 0.3) is 0 Å². The summed E-state index contributed by atoms with van der Waals surface area (Å²) in [4.78, 5) is 31.5. The maximum atomic E-state index is 12.7. The van der Waals surface area contributed by atoms with Crippen LogP contribution in [0.15, 0.2) is 66.0 Å². The van der Waals surface area contributed by atoms with E-state index in [9.17, 15) is 9.59 Å². The summed E-state index contributed by atoms with van der Waals surface area (Å²) in [5.41, 5.74) is 2.61. The molecule has 148 valence electrons. The summed E-state index contributed by atoms with van der Waals surface area (Å²) >= 11 is 1.56. The Morgan fingerprint density at radius 2 is 1.79 bits per heavy atom. The van der Waals surface area contributed by atoms with Crippen LogP contribution in [0.1, 0.15) is 18.5 Å². The van der Waals surface area contributed by atoms with Crippen LogP contribution in [-0.2, 0) is 11.3 Å². The molecule has 2 N–H and O–H groups in total. The highest BCUT2D eigenvalue weighted by atomic mass is 32.1. The maximum Gasteiger partial charge on any atom is 0.322 e. The molecular weight excluding hydrogens is 384 g/mol. The molecule has 0 bridgehead atoms. The summed E-state index contributed by atoms with van der Waals surface area (Å²) in [6.45, 7) is 0.929. The van der Waals surface area contributed by atoms with Crippen LogP contribution in [0.4, 0.5) is 10.5 Å². The van der Waals surface area contributed by atoms with Gasteiger partial charge in [-0.25, -0.2) is 9.78 Å². The van der Waals surface area contributed by atoms with Crippen molar-refractivity contribution in [3.05, 3.63) is 71.7 Å². The molecule has 3 amide bonds. The Hall–Kier alpha value is -3.19. The average Bonchev–Trinajstić information content (AvgIpc) is 3.43. The molecule has 0 saturated carbocycles. The number of amides is 3. The first kappa shape index (κ1) is 19.1. The molecule has 1 aliphatic rings. The Morgan fingerprint density at radius 1 is 1.07 bits per heavy atom. The molecule has 1 atom stereocenters. The van der Waals surface area contributed by atoms with Crippen LogP contribution in [0.3, 0.4) is 0 Å². The molecule has 1 saturated heterocycles. The smallest absolute Gasteiger partial charge is 0.322 e. The monoisotopic (exact) mass is 406 g/mol. The summed E-state index contributed by atoms with van der Waals surface area (Å²) in [7, 11) is 0. The summed E-state index contributed by atoms with van der Waals surface area (Å²) in [6, 6.07) is 18.5. The molecule has 1 fully saturated rings. The minimum atomic E-state index is -0.453. The average molecular weight is 407 g/mol. The number of urea groups is 1. The number of para-hydroxylation sites is 1. The molecule has 2 aromatic carbocycles. The third kappa shape index (κ3) is 4.63. The van der Waals surface area contributed by atoms with Crippen LogP contribution in [0.5, 0.6) is 0 Å². The predicted molar refractivity (Wildman–Crippen MR) is 115 cm³/mol. The Bertz CT molecular complexity index is 975. The molecule has 3 aromatic rings. The topological polar surface area (TPSA) is 74.3 Å². The minimum Gasteiger partial charge on any atom is -0.349 e. The number of nitrogens with one attached hydrogen (secondary N) is 2. The van der Waals surface area contributed by atoms with Crippen LogP contribution in [0.2, 0.25) is 0 Å². The molecule has 2 heterocycles. The van der Waals surface area contributed by atoms with Gasteiger partial charge in [-0.15, -0.1) is 11.3 Å². The van der Waals surface area contributed by atoms with E-state index in [1.807, 2.05) is 66.0 Å². The van der Waals surface area contributed by atoms with E-state index in [2.05, 4.69) is 15.6 Å². The number of hydrogen-bond donors (Lipinski definition) is 2. The Kier molecular flexibility index (Phi) is 5.86. The van der Waals surface area contributed by atoms with E-state index in [0.717, 1.165) is 28.4 Å². The highest BCUT2D eigenvalue weighted by Crippen LogP contribution is 2.23. The first-order chi connectivity index (χ1) is 14.2. The Labute approximate surface area is 173 Å². The molecule has 1 aromatic heterocycles. The van der Waals surface area contributed by atoms with E-state index in [0.29, 0.717) is 19.5 Å². The van der Waals surface area contributed by atoms with Crippen molar-refractivity contribution in [2.24, 2.45) is 0 Å². The zero-order chi connectivity index (χ0) is 20.1. The van der Waals surface area contributed by atoms with Crippen molar-refractivity contribution < 1.29 is 9.59 Å². The van der Waals surface area contributed by atoms with Gasteiger partial charge in [-0.2, -0.15) is 0 Å². The second-order valence-electron chi connectivity index (χ2n) is 6.88.